The van der Waals surface area contributed by atoms with Gasteiger partial charge in [0, 0.05) is 38.2 Å². The van der Waals surface area contributed by atoms with Crippen LogP contribution in [0.4, 0.5) is 10.5 Å². The standard InChI is InChI=1S/C43H59N7O8/c1-6-29-13-15-31(16-14-29)45-43(57)46-34(20-30-11-9-10-25(2)18-30)38(52)47-37-28(5)58-24-32-19-26(3)22-49(32)40(54)27(4)44-39(53)35-12-7-8-17-48(35)41(55)36-21-33(51)23-50(36)42(37)56/h9-11,13-16,18,26-28,32-37,51H,6-8,12,17,19-24H2,1-5H3,(H,44,53)(H,47,52)(H2,45,46,57)/t26-,27+,28+,32+,33-,34+,35+,36+,37+/m1/s1. The average Bonchev–Trinajstić information content (AvgIpc) is 3.79. The SMILES string of the molecule is CCc1ccc(NC(=O)N[C@@H](Cc2cccc(C)c2)C(=O)N[C@@H]2C(=O)N3C[C@H](O)C[C@H]3C(=O)N3CCCC[C@H]3C(=O)N[C@@H](C)C(=O)N3C[C@H](C)C[C@H]3CO[C@H]2C)cc1. The molecule has 9 atom stereocenters. The van der Waals surface area contributed by atoms with Gasteiger partial charge in [-0.3, -0.25) is 24.0 Å². The molecule has 2 aromatic carbocycles. The number of nitrogens with zero attached hydrogens (tertiary/aromatic N) is 3. The topological polar surface area (TPSA) is 190 Å². The number of aliphatic hydroxyl groups excluding tert-OH is 1. The molecule has 4 heterocycles. The fourth-order valence-corrected chi connectivity index (χ4v) is 8.75. The Morgan fingerprint density at radius 2 is 1.66 bits per heavy atom. The van der Waals surface area contributed by atoms with Crippen molar-refractivity contribution < 1.29 is 38.6 Å². The van der Waals surface area contributed by atoms with Crippen molar-refractivity contribution in [3.05, 3.63) is 65.2 Å². The highest BCUT2D eigenvalue weighted by Gasteiger charge is 2.47. The van der Waals surface area contributed by atoms with Gasteiger partial charge in [-0.25, -0.2) is 4.79 Å². The number of nitrogens with one attached hydrogen (secondary N) is 4. The van der Waals surface area contributed by atoms with Crippen LogP contribution in [0, 0.1) is 12.8 Å². The number of rotatable bonds is 7. The molecule has 15 heteroatoms. The molecule has 0 bridgehead atoms. The van der Waals surface area contributed by atoms with Crippen molar-refractivity contribution in [2.24, 2.45) is 5.92 Å². The van der Waals surface area contributed by atoms with Crippen molar-refractivity contribution in [2.45, 2.75) is 128 Å². The van der Waals surface area contributed by atoms with Crippen LogP contribution in [0.5, 0.6) is 0 Å². The van der Waals surface area contributed by atoms with Gasteiger partial charge in [0.2, 0.25) is 29.5 Å². The van der Waals surface area contributed by atoms with Gasteiger partial charge < -0.3 is 45.8 Å². The van der Waals surface area contributed by atoms with E-state index >= 15 is 0 Å². The molecular formula is C43H59N7O8. The number of urea groups is 1. The summed E-state index contributed by atoms with van der Waals surface area (Å²) in [5, 5.41) is 22.3. The third-order valence-electron chi connectivity index (χ3n) is 11.9. The summed E-state index contributed by atoms with van der Waals surface area (Å²) < 4.78 is 6.37. The molecule has 58 heavy (non-hydrogen) atoms. The van der Waals surface area contributed by atoms with Gasteiger partial charge in [0.25, 0.3) is 0 Å². The van der Waals surface area contributed by atoms with Crippen LogP contribution in [0.3, 0.4) is 0 Å². The summed E-state index contributed by atoms with van der Waals surface area (Å²) in [5.74, 6) is -2.34. The van der Waals surface area contributed by atoms with Crippen LogP contribution in [0.2, 0.25) is 0 Å². The predicted molar refractivity (Wildman–Crippen MR) is 216 cm³/mol. The van der Waals surface area contributed by atoms with Crippen molar-refractivity contribution >= 4 is 41.3 Å². The number of amides is 7. The van der Waals surface area contributed by atoms with Crippen LogP contribution in [0.25, 0.3) is 0 Å². The van der Waals surface area contributed by atoms with Gasteiger partial charge in [-0.2, -0.15) is 0 Å². The number of ether oxygens (including phenoxy) is 1. The molecule has 5 N–H and O–H groups in total. The summed E-state index contributed by atoms with van der Waals surface area (Å²) in [6.45, 7) is 9.90. The maximum Gasteiger partial charge on any atom is 0.319 e. The molecule has 7 amide bonds. The first-order chi connectivity index (χ1) is 27.7. The largest absolute Gasteiger partial charge is 0.391 e. The first-order valence-corrected chi connectivity index (χ1v) is 20.8. The van der Waals surface area contributed by atoms with Gasteiger partial charge in [-0.1, -0.05) is 55.8 Å². The van der Waals surface area contributed by atoms with E-state index in [1.54, 1.807) is 30.9 Å². The van der Waals surface area contributed by atoms with E-state index < -0.39 is 72.1 Å². The number of carbonyl (C=O) groups excluding carboxylic acids is 6. The van der Waals surface area contributed by atoms with Gasteiger partial charge in [-0.15, -0.1) is 0 Å². The fourth-order valence-electron chi connectivity index (χ4n) is 8.75. The van der Waals surface area contributed by atoms with Crippen LogP contribution in [-0.4, -0.2) is 130 Å². The maximum atomic E-state index is 14.8. The molecular weight excluding hydrogens is 743 g/mol. The van der Waals surface area contributed by atoms with Crippen LogP contribution >= 0.6 is 0 Å². The Bertz CT molecular complexity index is 1840. The number of hydrogen-bond acceptors (Lipinski definition) is 8. The lowest BCUT2D eigenvalue weighted by Gasteiger charge is -2.39. The molecule has 0 radical (unpaired) electrons. The summed E-state index contributed by atoms with van der Waals surface area (Å²) in [5.41, 5.74) is 3.39. The zero-order chi connectivity index (χ0) is 41.7. The third-order valence-corrected chi connectivity index (χ3v) is 11.9. The second-order valence-corrected chi connectivity index (χ2v) is 16.6. The summed E-state index contributed by atoms with van der Waals surface area (Å²) in [7, 11) is 0. The van der Waals surface area contributed by atoms with E-state index in [9.17, 15) is 33.9 Å². The molecule has 2 aromatic rings. The number of aryl methyl sites for hydroxylation is 2. The molecule has 4 fully saturated rings. The van der Waals surface area contributed by atoms with E-state index in [0.717, 1.165) is 23.1 Å². The third kappa shape index (κ3) is 9.98. The molecule has 0 unspecified atom stereocenters. The van der Waals surface area contributed by atoms with Gasteiger partial charge in [0.15, 0.2) is 0 Å². The summed E-state index contributed by atoms with van der Waals surface area (Å²) in [4.78, 5) is 89.1. The Hall–Kier alpha value is -5.02. The first kappa shape index (κ1) is 42.6. The Morgan fingerprint density at radius 3 is 2.38 bits per heavy atom. The molecule has 6 rings (SSSR count). The average molecular weight is 802 g/mol. The van der Waals surface area contributed by atoms with E-state index in [1.165, 1.54) is 9.80 Å². The first-order valence-electron chi connectivity index (χ1n) is 20.8. The molecule has 4 aliphatic rings. The number of anilines is 1. The van der Waals surface area contributed by atoms with Crippen molar-refractivity contribution in [3.63, 3.8) is 0 Å². The molecule has 0 saturated carbocycles. The predicted octanol–water partition coefficient (Wildman–Crippen LogP) is 2.28. The second-order valence-electron chi connectivity index (χ2n) is 16.6. The number of aliphatic hydroxyl groups is 1. The highest BCUT2D eigenvalue weighted by Crippen LogP contribution is 2.28. The van der Waals surface area contributed by atoms with Crippen molar-refractivity contribution in [3.8, 4) is 0 Å². The quantitative estimate of drug-likeness (QED) is 0.282. The van der Waals surface area contributed by atoms with E-state index in [4.69, 9.17) is 4.74 Å². The highest BCUT2D eigenvalue weighted by atomic mass is 16.5. The van der Waals surface area contributed by atoms with Gasteiger partial charge in [-0.05, 0) is 82.1 Å². The number of hydrogen-bond donors (Lipinski definition) is 5. The van der Waals surface area contributed by atoms with Crippen molar-refractivity contribution in [1.29, 1.82) is 0 Å². The molecule has 4 aliphatic heterocycles. The molecule has 0 aromatic heterocycles. The monoisotopic (exact) mass is 801 g/mol. The number of fused-ring (bicyclic) bond motifs is 3. The lowest BCUT2D eigenvalue weighted by Crippen LogP contribution is -2.63. The summed E-state index contributed by atoms with van der Waals surface area (Å²) in [6.07, 6.45) is 1.28. The second kappa shape index (κ2) is 18.7. The van der Waals surface area contributed by atoms with E-state index in [0.29, 0.717) is 37.9 Å². The summed E-state index contributed by atoms with van der Waals surface area (Å²) >= 11 is 0. The number of benzene rings is 2. The molecule has 15 nitrogen and oxygen atoms in total. The van der Waals surface area contributed by atoms with Crippen molar-refractivity contribution in [2.75, 3.05) is 31.6 Å². The summed E-state index contributed by atoms with van der Waals surface area (Å²) in [6, 6.07) is 8.66. The number of piperidine rings is 1. The van der Waals surface area contributed by atoms with Crippen LogP contribution in [0.1, 0.15) is 76.5 Å². The molecule has 4 saturated heterocycles. The maximum absolute atomic E-state index is 14.8. The number of carbonyl (C=O) groups is 6. The molecule has 0 spiro atoms. The zero-order valence-electron chi connectivity index (χ0n) is 34.2. The lowest BCUT2D eigenvalue weighted by molar-refractivity contribution is -0.153. The minimum Gasteiger partial charge on any atom is -0.391 e. The minimum atomic E-state index is -1.35. The molecule has 0 aliphatic carbocycles. The van der Waals surface area contributed by atoms with Crippen LogP contribution < -0.4 is 21.3 Å². The van der Waals surface area contributed by atoms with Crippen molar-refractivity contribution in [1.82, 2.24) is 30.7 Å². The van der Waals surface area contributed by atoms with E-state index in [1.807, 2.05) is 57.2 Å². The van der Waals surface area contributed by atoms with Gasteiger partial charge >= 0.3 is 6.03 Å². The normalized spacial score (nSPS) is 28.9. The Balaban J connectivity index is 1.32. The molecule has 314 valence electrons. The van der Waals surface area contributed by atoms with Gasteiger partial charge in [0.1, 0.15) is 30.2 Å². The smallest absolute Gasteiger partial charge is 0.319 e. The Labute approximate surface area is 340 Å². The van der Waals surface area contributed by atoms with Gasteiger partial charge in [0.05, 0.1) is 24.9 Å². The fraction of sp³-hybridized carbons (Fsp3) is 0.581. The van der Waals surface area contributed by atoms with Crippen LogP contribution in [0.15, 0.2) is 48.5 Å². The van der Waals surface area contributed by atoms with E-state index in [-0.39, 0.29) is 50.4 Å². The zero-order valence-corrected chi connectivity index (χ0v) is 34.2. The van der Waals surface area contributed by atoms with Crippen LogP contribution in [-0.2, 0) is 41.6 Å². The lowest BCUT2D eigenvalue weighted by atomic mass is 9.98. The Morgan fingerprint density at radius 1 is 0.897 bits per heavy atom. The highest BCUT2D eigenvalue weighted by molar-refractivity contribution is 5.98. The Kier molecular flexibility index (Phi) is 13.7. The minimum absolute atomic E-state index is 0.0448. The van der Waals surface area contributed by atoms with E-state index in [2.05, 4.69) is 21.3 Å².